The van der Waals surface area contributed by atoms with Crippen molar-refractivity contribution in [2.75, 3.05) is 19.1 Å². The van der Waals surface area contributed by atoms with E-state index in [2.05, 4.69) is 0 Å². The van der Waals surface area contributed by atoms with E-state index in [4.69, 9.17) is 26.8 Å². The SMILES string of the molecule is COC(=O)C1=C(N)N(c2ccccc2)C2=C(C(=O)[C@H](C(=O)OC)[C@H](c3ccccc3)C2)[C@@H]1c1cccc(Cl)c1. The molecule has 7 nitrogen and oxygen atoms in total. The molecule has 0 saturated carbocycles. The Labute approximate surface area is 231 Å². The second-order valence-corrected chi connectivity index (χ2v) is 9.83. The maximum absolute atomic E-state index is 14.5. The van der Waals surface area contributed by atoms with E-state index in [0.29, 0.717) is 34.0 Å². The summed E-state index contributed by atoms with van der Waals surface area (Å²) in [6.45, 7) is 0. The van der Waals surface area contributed by atoms with Crippen molar-refractivity contribution < 1.29 is 23.9 Å². The van der Waals surface area contributed by atoms with Gasteiger partial charge in [0.2, 0.25) is 0 Å². The zero-order valence-corrected chi connectivity index (χ0v) is 22.2. The summed E-state index contributed by atoms with van der Waals surface area (Å²) in [5.41, 5.74) is 9.86. The number of ether oxygens (including phenoxy) is 2. The molecule has 39 heavy (non-hydrogen) atoms. The van der Waals surface area contributed by atoms with Crippen LogP contribution in [0.3, 0.4) is 0 Å². The zero-order valence-electron chi connectivity index (χ0n) is 21.5. The van der Waals surface area contributed by atoms with Crippen LogP contribution >= 0.6 is 11.6 Å². The van der Waals surface area contributed by atoms with E-state index in [0.717, 1.165) is 5.56 Å². The number of carbonyl (C=O) groups excluding carboxylic acids is 3. The minimum Gasteiger partial charge on any atom is -0.468 e. The lowest BCUT2D eigenvalue weighted by Gasteiger charge is -2.44. The van der Waals surface area contributed by atoms with Gasteiger partial charge in [-0.3, -0.25) is 14.5 Å². The van der Waals surface area contributed by atoms with Crippen LogP contribution in [0.5, 0.6) is 0 Å². The molecule has 3 aromatic rings. The van der Waals surface area contributed by atoms with Crippen molar-refractivity contribution in [1.29, 1.82) is 0 Å². The van der Waals surface area contributed by atoms with Crippen molar-refractivity contribution in [2.24, 2.45) is 11.7 Å². The first-order chi connectivity index (χ1) is 18.9. The molecule has 0 unspecified atom stereocenters. The highest BCUT2D eigenvalue weighted by Gasteiger charge is 2.51. The molecule has 3 aromatic carbocycles. The monoisotopic (exact) mass is 542 g/mol. The molecule has 0 fully saturated rings. The van der Waals surface area contributed by atoms with Crippen molar-refractivity contribution in [3.05, 3.63) is 124 Å². The third-order valence-electron chi connectivity index (χ3n) is 7.32. The highest BCUT2D eigenvalue weighted by molar-refractivity contribution is 6.30. The maximum atomic E-state index is 14.5. The number of Topliss-reactive ketones (excluding diaryl/α,β-unsaturated/α-hetero) is 1. The largest absolute Gasteiger partial charge is 0.468 e. The predicted octanol–water partition coefficient (Wildman–Crippen LogP) is 5.09. The minimum absolute atomic E-state index is 0.0949. The summed E-state index contributed by atoms with van der Waals surface area (Å²) in [5.74, 6) is -4.14. The van der Waals surface area contributed by atoms with Gasteiger partial charge in [0, 0.05) is 27.9 Å². The highest BCUT2D eigenvalue weighted by Crippen LogP contribution is 2.51. The van der Waals surface area contributed by atoms with Gasteiger partial charge in [0.25, 0.3) is 0 Å². The number of para-hydroxylation sites is 1. The minimum atomic E-state index is -1.12. The Morgan fingerprint density at radius 1 is 0.897 bits per heavy atom. The van der Waals surface area contributed by atoms with E-state index in [1.54, 1.807) is 29.2 Å². The normalized spacial score (nSPS) is 20.9. The second-order valence-electron chi connectivity index (χ2n) is 9.40. The van der Waals surface area contributed by atoms with Gasteiger partial charge < -0.3 is 15.2 Å². The van der Waals surface area contributed by atoms with E-state index in [1.165, 1.54) is 14.2 Å². The van der Waals surface area contributed by atoms with Crippen LogP contribution in [0.25, 0.3) is 0 Å². The number of benzene rings is 3. The fourth-order valence-corrected chi connectivity index (χ4v) is 5.84. The van der Waals surface area contributed by atoms with Crippen LogP contribution < -0.4 is 10.6 Å². The van der Waals surface area contributed by atoms with Gasteiger partial charge >= 0.3 is 11.9 Å². The van der Waals surface area contributed by atoms with Crippen LogP contribution in [0.4, 0.5) is 5.69 Å². The van der Waals surface area contributed by atoms with Gasteiger partial charge in [0.15, 0.2) is 5.78 Å². The fraction of sp³-hybridized carbons (Fsp3) is 0.194. The van der Waals surface area contributed by atoms with Crippen LogP contribution in [0, 0.1) is 5.92 Å². The number of hydrogen-bond donors (Lipinski definition) is 1. The third-order valence-corrected chi connectivity index (χ3v) is 7.56. The lowest BCUT2D eigenvalue weighted by molar-refractivity contribution is -0.150. The average molecular weight is 543 g/mol. The number of rotatable bonds is 5. The Morgan fingerprint density at radius 2 is 1.54 bits per heavy atom. The van der Waals surface area contributed by atoms with E-state index >= 15 is 0 Å². The van der Waals surface area contributed by atoms with Crippen molar-refractivity contribution in [3.63, 3.8) is 0 Å². The fourth-order valence-electron chi connectivity index (χ4n) is 5.64. The highest BCUT2D eigenvalue weighted by atomic mass is 35.5. The van der Waals surface area contributed by atoms with Gasteiger partial charge in [0.1, 0.15) is 11.7 Å². The Kier molecular flexibility index (Phi) is 7.26. The average Bonchev–Trinajstić information content (AvgIpc) is 2.96. The van der Waals surface area contributed by atoms with Crippen LogP contribution in [-0.4, -0.2) is 31.9 Å². The molecular weight excluding hydrogens is 516 g/mol. The van der Waals surface area contributed by atoms with Gasteiger partial charge in [0.05, 0.1) is 25.7 Å². The summed E-state index contributed by atoms with van der Waals surface area (Å²) in [6, 6.07) is 25.6. The maximum Gasteiger partial charge on any atom is 0.338 e. The first-order valence-corrected chi connectivity index (χ1v) is 12.8. The number of esters is 2. The number of nitrogens with zero attached hydrogens (tertiary/aromatic N) is 1. The number of methoxy groups -OCH3 is 2. The van der Waals surface area contributed by atoms with Crippen molar-refractivity contribution in [2.45, 2.75) is 18.3 Å². The number of ketones is 1. The first kappa shape index (κ1) is 26.3. The molecule has 1 heterocycles. The quantitative estimate of drug-likeness (QED) is 0.354. The molecule has 198 valence electrons. The van der Waals surface area contributed by atoms with E-state index in [-0.39, 0.29) is 11.4 Å². The summed E-state index contributed by atoms with van der Waals surface area (Å²) in [4.78, 5) is 42.8. The molecule has 8 heteroatoms. The molecule has 0 bridgehead atoms. The van der Waals surface area contributed by atoms with E-state index in [1.807, 2.05) is 60.7 Å². The lowest BCUT2D eigenvalue weighted by Crippen LogP contribution is -2.46. The molecule has 3 atom stereocenters. The predicted molar refractivity (Wildman–Crippen MR) is 148 cm³/mol. The lowest BCUT2D eigenvalue weighted by atomic mass is 9.67. The summed E-state index contributed by atoms with van der Waals surface area (Å²) >= 11 is 6.35. The Hall–Kier alpha value is -4.36. The molecule has 0 saturated heterocycles. The third kappa shape index (κ3) is 4.59. The van der Waals surface area contributed by atoms with Crippen molar-refractivity contribution in [3.8, 4) is 0 Å². The van der Waals surface area contributed by atoms with E-state index < -0.39 is 35.5 Å². The molecular formula is C31H27ClN2O5. The molecule has 1 aliphatic heterocycles. The van der Waals surface area contributed by atoms with Crippen LogP contribution in [0.1, 0.15) is 29.4 Å². The van der Waals surface area contributed by atoms with Gasteiger partial charge in [-0.25, -0.2) is 4.79 Å². The van der Waals surface area contributed by atoms with Gasteiger partial charge in [-0.05, 0) is 41.8 Å². The van der Waals surface area contributed by atoms with Gasteiger partial charge in [-0.15, -0.1) is 0 Å². The first-order valence-electron chi connectivity index (χ1n) is 12.5. The molecule has 0 radical (unpaired) electrons. The molecule has 1 aliphatic carbocycles. The van der Waals surface area contributed by atoms with Crippen molar-refractivity contribution in [1.82, 2.24) is 0 Å². The summed E-state index contributed by atoms with van der Waals surface area (Å²) in [5, 5.41) is 0.429. The summed E-state index contributed by atoms with van der Waals surface area (Å²) < 4.78 is 10.3. The number of nitrogens with two attached hydrogens (primary N) is 1. The van der Waals surface area contributed by atoms with Gasteiger partial charge in [-0.2, -0.15) is 0 Å². The number of hydrogen-bond acceptors (Lipinski definition) is 7. The van der Waals surface area contributed by atoms with Crippen molar-refractivity contribution >= 4 is 35.0 Å². The van der Waals surface area contributed by atoms with E-state index in [9.17, 15) is 14.4 Å². The smallest absolute Gasteiger partial charge is 0.338 e. The summed E-state index contributed by atoms with van der Waals surface area (Å²) in [6.07, 6.45) is 0.298. The molecule has 5 rings (SSSR count). The van der Waals surface area contributed by atoms with Gasteiger partial charge in [-0.1, -0.05) is 72.3 Å². The van der Waals surface area contributed by atoms with Crippen LogP contribution in [-0.2, 0) is 23.9 Å². The number of carbonyl (C=O) groups is 3. The molecule has 0 amide bonds. The number of anilines is 1. The Bertz CT molecular complexity index is 1500. The van der Waals surface area contributed by atoms with Crippen LogP contribution in [0.2, 0.25) is 5.02 Å². The van der Waals surface area contributed by atoms with Crippen LogP contribution in [0.15, 0.2) is 108 Å². The molecule has 0 aromatic heterocycles. The zero-order chi connectivity index (χ0) is 27.7. The topological polar surface area (TPSA) is 98.9 Å². The Balaban J connectivity index is 1.83. The molecule has 0 spiro atoms. The number of allylic oxidation sites excluding steroid dienone is 2. The standard InChI is InChI=1S/C31H27ClN2O5/c1-38-30(36)25-22(18-10-5-3-6-11-18)17-23-26(28(25)35)24(19-12-9-13-20(32)16-19)27(31(37)39-2)29(33)34(23)21-14-7-4-8-15-21/h3-16,22,24-25H,17,33H2,1-2H3/t22-,24-,25+/m0/s1. The molecule has 2 N–H and O–H groups in total. The summed E-state index contributed by atoms with van der Waals surface area (Å²) in [7, 11) is 2.53. The molecule has 2 aliphatic rings. The number of halogens is 1. The second kappa shape index (κ2) is 10.8. The Morgan fingerprint density at radius 3 is 2.15 bits per heavy atom.